The van der Waals surface area contributed by atoms with Crippen LogP contribution in [0.4, 0.5) is 0 Å². The van der Waals surface area contributed by atoms with E-state index in [1.54, 1.807) is 7.11 Å². The molecule has 1 saturated carbocycles. The van der Waals surface area contributed by atoms with E-state index in [1.807, 2.05) is 64.4 Å². The van der Waals surface area contributed by atoms with Crippen molar-refractivity contribution >= 4 is 33.6 Å². The highest BCUT2D eigenvalue weighted by molar-refractivity contribution is 5.99. The minimum Gasteiger partial charge on any atom is -0.497 e. The maximum Gasteiger partial charge on any atom is 0.253 e. The highest BCUT2D eigenvalue weighted by Gasteiger charge is 2.59. The van der Waals surface area contributed by atoms with Gasteiger partial charge in [0, 0.05) is 37.3 Å². The smallest absolute Gasteiger partial charge is 0.253 e. The first kappa shape index (κ1) is 20.4. The Morgan fingerprint density at radius 2 is 1.29 bits per heavy atom. The predicted molar refractivity (Wildman–Crippen MR) is 130 cm³/mol. The van der Waals surface area contributed by atoms with Crippen molar-refractivity contribution in [3.05, 3.63) is 65.7 Å². The van der Waals surface area contributed by atoms with Crippen LogP contribution in [0.1, 0.15) is 20.7 Å². The van der Waals surface area contributed by atoms with E-state index in [4.69, 9.17) is 4.74 Å². The Kier molecular flexibility index (Phi) is 4.40. The van der Waals surface area contributed by atoms with Crippen LogP contribution in [0.2, 0.25) is 0 Å². The average Bonchev–Trinajstić information content (AvgIpc) is 3.61. The van der Waals surface area contributed by atoms with Crippen molar-refractivity contribution in [1.82, 2.24) is 25.2 Å². The lowest BCUT2D eigenvalue weighted by Crippen LogP contribution is -2.44. The monoisotopic (exact) mass is 467 g/mol. The Morgan fingerprint density at radius 1 is 0.743 bits per heavy atom. The molecule has 2 amide bonds. The zero-order valence-corrected chi connectivity index (χ0v) is 19.3. The molecule has 35 heavy (non-hydrogen) atoms. The summed E-state index contributed by atoms with van der Waals surface area (Å²) in [5, 5.41) is 12.9. The molecule has 7 rings (SSSR count). The molecule has 0 bridgehead atoms. The molecule has 0 radical (unpaired) electrons. The number of benzene rings is 3. The van der Waals surface area contributed by atoms with Crippen LogP contribution in [-0.4, -0.2) is 70.3 Å². The number of aromatic amines is 1. The van der Waals surface area contributed by atoms with Gasteiger partial charge in [-0.2, -0.15) is 15.4 Å². The molecule has 4 aromatic rings. The number of hydrogen-bond acceptors (Lipinski definition) is 5. The zero-order chi connectivity index (χ0) is 23.7. The van der Waals surface area contributed by atoms with Gasteiger partial charge in [-0.3, -0.25) is 9.59 Å². The summed E-state index contributed by atoms with van der Waals surface area (Å²) in [4.78, 5) is 30.5. The maximum atomic E-state index is 13.3. The number of hydrogen-bond donors (Lipinski definition) is 1. The number of likely N-dealkylation sites (tertiary alicyclic amines) is 2. The summed E-state index contributed by atoms with van der Waals surface area (Å²) in [6, 6.07) is 17.2. The first-order valence-corrected chi connectivity index (χ1v) is 12.1. The van der Waals surface area contributed by atoms with Crippen LogP contribution in [0.25, 0.3) is 21.8 Å². The number of methoxy groups -OCH3 is 1. The van der Waals surface area contributed by atoms with Crippen molar-refractivity contribution in [2.45, 2.75) is 0 Å². The number of nitrogens with zero attached hydrogens (tertiary/aromatic N) is 4. The first-order chi connectivity index (χ1) is 17.1. The minimum absolute atomic E-state index is 0.0584. The van der Waals surface area contributed by atoms with Crippen LogP contribution in [0.3, 0.4) is 0 Å². The highest BCUT2D eigenvalue weighted by Crippen LogP contribution is 2.54. The Balaban J connectivity index is 1.03. The number of amides is 2. The van der Waals surface area contributed by atoms with E-state index in [0.29, 0.717) is 34.8 Å². The van der Waals surface area contributed by atoms with Crippen molar-refractivity contribution in [3.63, 3.8) is 0 Å². The summed E-state index contributed by atoms with van der Waals surface area (Å²) >= 11 is 0. The summed E-state index contributed by atoms with van der Waals surface area (Å²) in [6.07, 6.45) is 0. The highest BCUT2D eigenvalue weighted by atomic mass is 16.5. The molecule has 1 N–H and O–H groups in total. The van der Waals surface area contributed by atoms with Gasteiger partial charge in [-0.1, -0.05) is 12.1 Å². The third kappa shape index (κ3) is 3.12. The number of H-pyrrole nitrogens is 1. The van der Waals surface area contributed by atoms with E-state index in [2.05, 4.69) is 15.4 Å². The fourth-order valence-electron chi connectivity index (χ4n) is 6.53. The second-order valence-corrected chi connectivity index (χ2v) is 10.0. The average molecular weight is 468 g/mol. The van der Waals surface area contributed by atoms with Gasteiger partial charge in [0.15, 0.2) is 0 Å². The summed E-state index contributed by atoms with van der Waals surface area (Å²) in [5.41, 5.74) is 2.85. The van der Waals surface area contributed by atoms with Gasteiger partial charge in [-0.15, -0.1) is 0 Å². The Hall–Kier alpha value is -3.94. The van der Waals surface area contributed by atoms with Crippen molar-refractivity contribution in [3.8, 4) is 5.75 Å². The summed E-state index contributed by atoms with van der Waals surface area (Å²) in [7, 11) is 1.66. The summed E-state index contributed by atoms with van der Waals surface area (Å²) < 4.78 is 5.30. The fourth-order valence-corrected chi connectivity index (χ4v) is 6.53. The minimum atomic E-state index is 0.0584. The number of aromatic nitrogens is 3. The molecule has 0 spiro atoms. The van der Waals surface area contributed by atoms with Crippen LogP contribution in [0, 0.1) is 23.7 Å². The number of carbonyl (C=O) groups excluding carboxylic acids is 2. The van der Waals surface area contributed by atoms with Crippen LogP contribution in [-0.2, 0) is 0 Å². The van der Waals surface area contributed by atoms with Gasteiger partial charge in [-0.25, -0.2) is 0 Å². The van der Waals surface area contributed by atoms with Crippen molar-refractivity contribution in [2.75, 3.05) is 33.3 Å². The number of nitrogens with one attached hydrogen (secondary N) is 1. The van der Waals surface area contributed by atoms with Gasteiger partial charge >= 0.3 is 0 Å². The van der Waals surface area contributed by atoms with E-state index >= 15 is 0 Å². The van der Waals surface area contributed by atoms with Crippen LogP contribution < -0.4 is 4.74 Å². The van der Waals surface area contributed by atoms with E-state index in [1.165, 1.54) is 0 Å². The quantitative estimate of drug-likeness (QED) is 0.500. The number of carbonyl (C=O) groups is 2. The second kappa shape index (κ2) is 7.53. The van der Waals surface area contributed by atoms with Gasteiger partial charge in [0.25, 0.3) is 11.8 Å². The normalized spacial score (nSPS) is 24.9. The molecule has 0 unspecified atom stereocenters. The lowest BCUT2D eigenvalue weighted by Gasteiger charge is -2.42. The topological polar surface area (TPSA) is 91.4 Å². The SMILES string of the molecule is COc1ccc2cc(C(=O)N3C[C@@H]4[C@H](C3)[C@H]3CN(C(=O)c5ccc6n[nH]nc6c5)C[C@@H]43)ccc2c1. The third-order valence-electron chi connectivity index (χ3n) is 8.36. The Morgan fingerprint density at radius 3 is 1.94 bits per heavy atom. The molecule has 3 fully saturated rings. The lowest BCUT2D eigenvalue weighted by atomic mass is 9.60. The standard InChI is InChI=1S/C27H25N5O3/c1-35-19-6-4-15-8-17(3-2-16(15)9-19)26(33)31-11-20-21(12-31)23-14-32(13-22(20)23)27(34)18-5-7-24-25(10-18)29-30-28-24/h2-10,20-23H,11-14H2,1H3,(H,28,29,30)/t20-,21+,22+,23-. The molecule has 3 aromatic carbocycles. The first-order valence-electron chi connectivity index (χ1n) is 12.1. The lowest BCUT2D eigenvalue weighted by molar-refractivity contribution is 0.0629. The second-order valence-electron chi connectivity index (χ2n) is 10.0. The summed E-state index contributed by atoms with van der Waals surface area (Å²) in [5.74, 6) is 2.87. The number of fused-ring (bicyclic) bond motifs is 6. The zero-order valence-electron chi connectivity index (χ0n) is 19.3. The maximum absolute atomic E-state index is 13.3. The molecule has 176 valence electrons. The predicted octanol–water partition coefficient (Wildman–Crippen LogP) is 3.21. The van der Waals surface area contributed by atoms with Crippen LogP contribution in [0.15, 0.2) is 54.6 Å². The van der Waals surface area contributed by atoms with E-state index in [-0.39, 0.29) is 11.8 Å². The largest absolute Gasteiger partial charge is 0.497 e. The van der Waals surface area contributed by atoms with Crippen molar-refractivity contribution in [1.29, 1.82) is 0 Å². The molecular weight excluding hydrogens is 442 g/mol. The van der Waals surface area contributed by atoms with Crippen molar-refractivity contribution < 1.29 is 14.3 Å². The molecule has 1 aromatic heterocycles. The Labute approximate surface area is 201 Å². The molecule has 2 aliphatic heterocycles. The molecule has 8 heteroatoms. The van der Waals surface area contributed by atoms with E-state index in [9.17, 15) is 9.59 Å². The van der Waals surface area contributed by atoms with Crippen molar-refractivity contribution in [2.24, 2.45) is 23.7 Å². The number of rotatable bonds is 3. The van der Waals surface area contributed by atoms with Gasteiger partial charge in [0.2, 0.25) is 0 Å². The molecule has 3 heterocycles. The molecule has 4 atom stereocenters. The van der Waals surface area contributed by atoms with Crippen LogP contribution in [0.5, 0.6) is 5.75 Å². The van der Waals surface area contributed by atoms with Gasteiger partial charge in [-0.05, 0) is 76.9 Å². The molecule has 8 nitrogen and oxygen atoms in total. The molecular formula is C27H25N5O3. The third-order valence-corrected chi connectivity index (χ3v) is 8.36. The number of ether oxygens (including phenoxy) is 1. The summed E-state index contributed by atoms with van der Waals surface area (Å²) in [6.45, 7) is 3.08. The fraction of sp³-hybridized carbons (Fsp3) is 0.333. The van der Waals surface area contributed by atoms with Gasteiger partial charge in [0.05, 0.1) is 7.11 Å². The molecule has 2 saturated heterocycles. The molecule has 3 aliphatic rings. The molecule has 1 aliphatic carbocycles. The van der Waals surface area contributed by atoms with E-state index < -0.39 is 0 Å². The van der Waals surface area contributed by atoms with Gasteiger partial charge < -0.3 is 14.5 Å². The van der Waals surface area contributed by atoms with Gasteiger partial charge in [0.1, 0.15) is 16.8 Å². The Bertz CT molecular complexity index is 1480. The van der Waals surface area contributed by atoms with Crippen LogP contribution >= 0.6 is 0 Å². The van der Waals surface area contributed by atoms with E-state index in [0.717, 1.165) is 53.8 Å².